The fourth-order valence-corrected chi connectivity index (χ4v) is 2.03. The second-order valence-electron chi connectivity index (χ2n) is 3.31. The molecule has 3 nitrogen and oxygen atoms in total. The van der Waals surface area contributed by atoms with Gasteiger partial charge in [0.1, 0.15) is 5.75 Å². The lowest BCUT2D eigenvalue weighted by atomic mass is 10.2. The summed E-state index contributed by atoms with van der Waals surface area (Å²) in [4.78, 5) is 4.18. The lowest BCUT2D eigenvalue weighted by molar-refractivity contribution is -0.000757. The van der Waals surface area contributed by atoms with Gasteiger partial charge in [-0.25, -0.2) is 0 Å². The van der Waals surface area contributed by atoms with Crippen molar-refractivity contribution in [3.63, 3.8) is 0 Å². The number of hydrogen-bond acceptors (Lipinski definition) is 3. The normalized spacial score (nSPS) is 12.8. The van der Waals surface area contributed by atoms with E-state index < -0.39 is 6.29 Å². The predicted octanol–water partition coefficient (Wildman–Crippen LogP) is 3.37. The van der Waals surface area contributed by atoms with Crippen molar-refractivity contribution in [3.05, 3.63) is 33.9 Å². The van der Waals surface area contributed by atoms with Crippen LogP contribution >= 0.6 is 27.5 Å². The first-order valence-electron chi connectivity index (χ1n) is 4.66. The molecule has 0 fully saturated rings. The summed E-state index contributed by atoms with van der Waals surface area (Å²) in [5, 5.41) is 10.6. The number of benzene rings is 1. The van der Waals surface area contributed by atoms with Gasteiger partial charge in [0.25, 0.3) is 0 Å². The molecule has 1 N–H and O–H groups in total. The van der Waals surface area contributed by atoms with Gasteiger partial charge in [0, 0.05) is 17.6 Å². The highest BCUT2D eigenvalue weighted by Crippen LogP contribution is 2.32. The summed E-state index contributed by atoms with van der Waals surface area (Å²) < 4.78 is 5.95. The first-order valence-corrected chi connectivity index (χ1v) is 5.83. The molecule has 5 heteroatoms. The van der Waals surface area contributed by atoms with Crippen LogP contribution in [0.2, 0.25) is 5.02 Å². The standard InChI is InChI=1S/C11H9BrClNO2/c1-6(15)16-11-5-10-7(4-8(11)12)9(13)2-3-14-10/h2-6,15H,1H3. The SMILES string of the molecule is CC(O)Oc1cc2nccc(Cl)c2cc1Br. The minimum atomic E-state index is -0.868. The number of nitrogens with zero attached hydrogens (tertiary/aromatic N) is 1. The molecule has 1 atom stereocenters. The van der Waals surface area contributed by atoms with E-state index in [1.165, 1.54) is 0 Å². The fourth-order valence-electron chi connectivity index (χ4n) is 1.39. The molecule has 2 aromatic rings. The topological polar surface area (TPSA) is 42.4 Å². The van der Waals surface area contributed by atoms with Gasteiger partial charge < -0.3 is 9.84 Å². The number of hydrogen-bond donors (Lipinski definition) is 1. The van der Waals surface area contributed by atoms with Gasteiger partial charge in [0.2, 0.25) is 0 Å². The summed E-state index contributed by atoms with van der Waals surface area (Å²) in [5.41, 5.74) is 0.728. The van der Waals surface area contributed by atoms with Crippen LogP contribution < -0.4 is 4.74 Å². The van der Waals surface area contributed by atoms with Crippen LogP contribution in [-0.4, -0.2) is 16.4 Å². The molecule has 0 bridgehead atoms. The highest BCUT2D eigenvalue weighted by Gasteiger charge is 2.08. The quantitative estimate of drug-likeness (QED) is 0.865. The molecule has 0 saturated heterocycles. The number of halogens is 2. The van der Waals surface area contributed by atoms with Crippen LogP contribution in [0.1, 0.15) is 6.92 Å². The van der Waals surface area contributed by atoms with Crippen LogP contribution in [0.4, 0.5) is 0 Å². The van der Waals surface area contributed by atoms with Crippen LogP contribution in [-0.2, 0) is 0 Å². The Morgan fingerprint density at radius 3 is 2.94 bits per heavy atom. The molecule has 0 aliphatic heterocycles. The van der Waals surface area contributed by atoms with Gasteiger partial charge in [-0.05, 0) is 35.0 Å². The number of pyridine rings is 1. The van der Waals surface area contributed by atoms with E-state index in [-0.39, 0.29) is 0 Å². The third kappa shape index (κ3) is 2.29. The van der Waals surface area contributed by atoms with Gasteiger partial charge in [0.15, 0.2) is 6.29 Å². The van der Waals surface area contributed by atoms with Crippen LogP contribution in [0.3, 0.4) is 0 Å². The van der Waals surface area contributed by atoms with E-state index in [4.69, 9.17) is 21.4 Å². The Hall–Kier alpha value is -0.840. The first kappa shape index (κ1) is 11.6. The van der Waals surface area contributed by atoms with Crippen molar-refractivity contribution in [1.29, 1.82) is 0 Å². The van der Waals surface area contributed by atoms with Gasteiger partial charge in [-0.15, -0.1) is 0 Å². The molecule has 16 heavy (non-hydrogen) atoms. The van der Waals surface area contributed by atoms with E-state index in [2.05, 4.69) is 20.9 Å². The average Bonchev–Trinajstić information content (AvgIpc) is 2.20. The number of fused-ring (bicyclic) bond motifs is 1. The molecule has 1 aromatic heterocycles. The minimum absolute atomic E-state index is 0.539. The third-order valence-electron chi connectivity index (χ3n) is 2.04. The van der Waals surface area contributed by atoms with Crippen molar-refractivity contribution in [2.24, 2.45) is 0 Å². The van der Waals surface area contributed by atoms with Gasteiger partial charge >= 0.3 is 0 Å². The maximum atomic E-state index is 9.17. The molecule has 84 valence electrons. The van der Waals surface area contributed by atoms with Crippen LogP contribution in [0.5, 0.6) is 5.75 Å². The maximum absolute atomic E-state index is 9.17. The number of aliphatic hydroxyl groups is 1. The minimum Gasteiger partial charge on any atom is -0.464 e. The van der Waals surface area contributed by atoms with Crippen molar-refractivity contribution >= 4 is 38.4 Å². The summed E-state index contributed by atoms with van der Waals surface area (Å²) in [6.45, 7) is 1.54. The van der Waals surface area contributed by atoms with Gasteiger partial charge in [-0.2, -0.15) is 0 Å². The van der Waals surface area contributed by atoms with Crippen LogP contribution in [0.25, 0.3) is 10.9 Å². The zero-order chi connectivity index (χ0) is 11.7. The molecule has 0 saturated carbocycles. The van der Waals surface area contributed by atoms with E-state index >= 15 is 0 Å². The average molecular weight is 303 g/mol. The molecule has 1 unspecified atom stereocenters. The molecule has 0 spiro atoms. The van der Waals surface area contributed by atoms with Crippen LogP contribution in [0, 0.1) is 0 Å². The second-order valence-corrected chi connectivity index (χ2v) is 4.57. The summed E-state index contributed by atoms with van der Waals surface area (Å²) in [5.74, 6) is 0.539. The highest BCUT2D eigenvalue weighted by atomic mass is 79.9. The summed E-state index contributed by atoms with van der Waals surface area (Å²) in [6.07, 6.45) is 0.762. The molecular formula is C11H9BrClNO2. The summed E-state index contributed by atoms with van der Waals surface area (Å²) >= 11 is 9.39. The first-order chi connectivity index (χ1) is 7.58. The van der Waals surface area contributed by atoms with Crippen LogP contribution in [0.15, 0.2) is 28.9 Å². The summed E-state index contributed by atoms with van der Waals surface area (Å²) in [6, 6.07) is 5.28. The molecule has 1 aromatic carbocycles. The van der Waals surface area contributed by atoms with E-state index in [0.29, 0.717) is 10.8 Å². The number of aliphatic hydroxyl groups excluding tert-OH is 1. The van der Waals surface area contributed by atoms with Crippen molar-refractivity contribution in [3.8, 4) is 5.75 Å². The Labute approximate surface area is 106 Å². The van der Waals surface area contributed by atoms with Crippen molar-refractivity contribution < 1.29 is 9.84 Å². The number of ether oxygens (including phenoxy) is 1. The molecule has 0 aliphatic carbocycles. The molecule has 0 amide bonds. The van der Waals surface area contributed by atoms with E-state index in [9.17, 15) is 0 Å². The van der Waals surface area contributed by atoms with E-state index in [1.54, 1.807) is 25.3 Å². The zero-order valence-electron chi connectivity index (χ0n) is 8.45. The van der Waals surface area contributed by atoms with Crippen molar-refractivity contribution in [2.75, 3.05) is 0 Å². The lowest BCUT2D eigenvalue weighted by Crippen LogP contribution is -2.09. The Kier molecular flexibility index (Phi) is 3.33. The van der Waals surface area contributed by atoms with Gasteiger partial charge in [-0.1, -0.05) is 11.6 Å². The van der Waals surface area contributed by atoms with E-state index in [0.717, 1.165) is 15.4 Å². The van der Waals surface area contributed by atoms with Crippen molar-refractivity contribution in [1.82, 2.24) is 4.98 Å². The molecule has 1 heterocycles. The molecule has 0 aliphatic rings. The smallest absolute Gasteiger partial charge is 0.194 e. The second kappa shape index (κ2) is 4.57. The Bertz CT molecular complexity index is 531. The Morgan fingerprint density at radius 1 is 1.50 bits per heavy atom. The van der Waals surface area contributed by atoms with Gasteiger partial charge in [-0.3, -0.25) is 4.98 Å². The highest BCUT2D eigenvalue weighted by molar-refractivity contribution is 9.10. The molecular weight excluding hydrogens is 293 g/mol. The fraction of sp³-hybridized carbons (Fsp3) is 0.182. The summed E-state index contributed by atoms with van der Waals surface area (Å²) in [7, 11) is 0. The number of rotatable bonds is 2. The molecule has 2 rings (SSSR count). The predicted molar refractivity (Wildman–Crippen MR) is 66.8 cm³/mol. The van der Waals surface area contributed by atoms with E-state index in [1.807, 2.05) is 6.07 Å². The largest absolute Gasteiger partial charge is 0.464 e. The molecule has 0 radical (unpaired) electrons. The van der Waals surface area contributed by atoms with Gasteiger partial charge in [0.05, 0.1) is 15.0 Å². The Morgan fingerprint density at radius 2 is 2.25 bits per heavy atom. The maximum Gasteiger partial charge on any atom is 0.194 e. The van der Waals surface area contributed by atoms with Crippen molar-refractivity contribution in [2.45, 2.75) is 13.2 Å². The monoisotopic (exact) mass is 301 g/mol. The zero-order valence-corrected chi connectivity index (χ0v) is 10.8. The third-order valence-corrected chi connectivity index (χ3v) is 2.99. The Balaban J connectivity index is 2.58. The lowest BCUT2D eigenvalue weighted by Gasteiger charge is -2.11. The number of aromatic nitrogens is 1.